The van der Waals surface area contributed by atoms with Crippen LogP contribution in [0.4, 0.5) is 47.1 Å². The van der Waals surface area contributed by atoms with Crippen LogP contribution in [0.15, 0.2) is 46.2 Å². The average molecular weight is 1050 g/mol. The fourth-order valence-corrected chi connectivity index (χ4v) is 7.06. The third-order valence-electron chi connectivity index (χ3n) is 7.85. The van der Waals surface area contributed by atoms with Gasteiger partial charge in [0.1, 0.15) is 20.2 Å². The molecule has 2 atom stereocenters. The van der Waals surface area contributed by atoms with E-state index in [0.29, 0.717) is 0 Å². The largest absolute Gasteiger partial charge is 1.00 e. The smallest absolute Gasteiger partial charge is 0.748 e. The third kappa shape index (κ3) is 23.1. The van der Waals surface area contributed by atoms with Crippen molar-refractivity contribution in [3.05, 3.63) is 47.5 Å². The molecule has 2 unspecified atom stereocenters. The van der Waals surface area contributed by atoms with Crippen LogP contribution in [-0.2, 0) is 40.5 Å². The molecule has 0 aliphatic heterocycles. The maximum absolute atomic E-state index is 12.4. The van der Waals surface area contributed by atoms with Gasteiger partial charge in [0.15, 0.2) is 0 Å². The van der Waals surface area contributed by atoms with Gasteiger partial charge >= 0.3 is 118 Å². The van der Waals surface area contributed by atoms with Gasteiger partial charge in [0.25, 0.3) is 0 Å². The van der Waals surface area contributed by atoms with Crippen molar-refractivity contribution in [1.82, 2.24) is 29.9 Å². The first-order valence-corrected chi connectivity index (χ1v) is 23.6. The fraction of sp³-hybridized carbons (Fsp3) is 0.355. The van der Waals surface area contributed by atoms with E-state index in [1.165, 1.54) is 24.1 Å². The van der Waals surface area contributed by atoms with Crippen LogP contribution in [0.3, 0.4) is 0 Å². The second kappa shape index (κ2) is 29.1. The molecule has 0 bridgehead atoms. The van der Waals surface area contributed by atoms with Crippen molar-refractivity contribution in [2.45, 2.75) is 22.0 Å². The predicted molar refractivity (Wildman–Crippen MR) is 218 cm³/mol. The molecule has 4 aromatic rings. The van der Waals surface area contributed by atoms with Crippen LogP contribution in [0.2, 0.25) is 0 Å². The van der Waals surface area contributed by atoms with E-state index in [0.717, 1.165) is 36.4 Å². The summed E-state index contributed by atoms with van der Waals surface area (Å²) in [6.45, 7) is -2.58. The van der Waals surface area contributed by atoms with Crippen LogP contribution in [0, 0.1) is 0 Å². The van der Waals surface area contributed by atoms with E-state index >= 15 is 0 Å². The van der Waals surface area contributed by atoms with Crippen molar-refractivity contribution in [1.29, 1.82) is 0 Å². The predicted octanol–water partition coefficient (Wildman–Crippen LogP) is -15.0. The van der Waals surface area contributed by atoms with Crippen molar-refractivity contribution < 1.29 is 191 Å². The van der Waals surface area contributed by atoms with Crippen LogP contribution < -0.4 is 150 Å². The van der Waals surface area contributed by atoms with Gasteiger partial charge in [-0.25, -0.2) is 33.7 Å². The van der Waals surface area contributed by atoms with E-state index in [2.05, 4.69) is 56.5 Å². The van der Waals surface area contributed by atoms with Gasteiger partial charge in [0.2, 0.25) is 35.7 Å². The number of benzene rings is 2. The first-order chi connectivity index (χ1) is 29.3. The maximum atomic E-state index is 12.4. The Morgan fingerprint density at radius 1 is 0.582 bits per heavy atom. The van der Waals surface area contributed by atoms with Crippen molar-refractivity contribution in [3.8, 4) is 0 Å². The fourth-order valence-electron chi connectivity index (χ4n) is 4.81. The summed E-state index contributed by atoms with van der Waals surface area (Å²) in [6.07, 6.45) is -0.436. The quantitative estimate of drug-likeness (QED) is 0.0179. The summed E-state index contributed by atoms with van der Waals surface area (Å²) < 4.78 is 141. The third-order valence-corrected chi connectivity index (χ3v) is 11.0. The molecule has 0 spiro atoms. The number of anilines is 8. The van der Waals surface area contributed by atoms with Gasteiger partial charge in [-0.3, -0.25) is 0 Å². The molecule has 2 aromatic heterocycles. The SMILES string of the molecule is CN(CCS(=O)(=O)[O-])c1nc(NCC(O)CO)nc(Nc2ccc(C=Cc3ccc(Nc4nc(NCCS(=O)(=O)[O-])nc(NCC(O)CO)n4)cc3S(=O)(=O)[O-])c(S(=O)(=O)[O-])c2)n1.[Na+].[Na+].[Na+].[Na+]. The summed E-state index contributed by atoms with van der Waals surface area (Å²) in [7, 11) is -18.5. The molecule has 2 heterocycles. The van der Waals surface area contributed by atoms with Crippen molar-refractivity contribution in [3.63, 3.8) is 0 Å². The zero-order chi connectivity index (χ0) is 46.8. The molecule has 0 amide bonds. The first kappa shape index (κ1) is 65.5. The molecule has 0 saturated carbocycles. The molecule has 2 aromatic carbocycles. The molecular formula is C31H38N12Na4O16S4. The molecule has 0 aliphatic carbocycles. The van der Waals surface area contributed by atoms with Crippen LogP contribution >= 0.6 is 0 Å². The molecule has 0 fully saturated rings. The standard InChI is InChI=1S/C31H42N12O16S4.4Na/c1-43(9-11-61(51,52)53)31-41-28(34-15-23(47)17-45)40-30(42-31)36-21-7-5-19(25(13-21)63(57,58)59)3-2-18-4-6-20(12-24(18)62(54,55)56)35-29-38-26(32-8-10-60(48,49)50)37-27(39-29)33-14-22(46)16-44;;;;/h2-7,12-13,22-23,44-47H,8-11,14-17H2,1H3,(H,48,49,50)(H,51,52,53)(H,54,55,56)(H,57,58,59)(H2,34,36,40,41,42)(H3,32,33,35,37,38,39);;;;/q;4*+1/p-4. The van der Waals surface area contributed by atoms with E-state index in [9.17, 15) is 62.1 Å². The van der Waals surface area contributed by atoms with E-state index < -0.39 is 93.7 Å². The number of aromatic nitrogens is 6. The minimum atomic E-state index is -5.28. The molecule has 67 heavy (non-hydrogen) atoms. The minimum absolute atomic E-state index is 0. The number of hydrogen-bond acceptors (Lipinski definition) is 28. The van der Waals surface area contributed by atoms with Crippen LogP contribution in [0.25, 0.3) is 12.2 Å². The second-order valence-corrected chi connectivity index (χ2v) is 18.6. The molecule has 28 nitrogen and oxygen atoms in total. The van der Waals surface area contributed by atoms with E-state index in [1.807, 2.05) is 0 Å². The van der Waals surface area contributed by atoms with Crippen molar-refractivity contribution >= 4 is 99.7 Å². The molecule has 9 N–H and O–H groups in total. The Kier molecular flexibility index (Phi) is 28.4. The molecule has 0 aliphatic rings. The van der Waals surface area contributed by atoms with Crippen molar-refractivity contribution in [2.75, 3.05) is 89.4 Å². The molecule has 0 radical (unpaired) electrons. The summed E-state index contributed by atoms with van der Waals surface area (Å²) in [4.78, 5) is 23.8. The van der Waals surface area contributed by atoms with Gasteiger partial charge in [-0.1, -0.05) is 24.3 Å². The Labute approximate surface area is 473 Å². The summed E-state index contributed by atoms with van der Waals surface area (Å²) in [5.74, 6) is -3.23. The summed E-state index contributed by atoms with van der Waals surface area (Å²) >= 11 is 0. The zero-order valence-electron chi connectivity index (χ0n) is 36.4. The molecule has 0 saturated heterocycles. The van der Waals surface area contributed by atoms with Gasteiger partial charge in [-0.2, -0.15) is 29.9 Å². The van der Waals surface area contributed by atoms with E-state index in [4.69, 9.17) is 10.2 Å². The number of nitrogens with one attached hydrogen (secondary N) is 5. The summed E-state index contributed by atoms with van der Waals surface area (Å²) in [6, 6.07) is 6.54. The normalized spacial score (nSPS) is 12.6. The maximum Gasteiger partial charge on any atom is 1.00 e. The van der Waals surface area contributed by atoms with Gasteiger partial charge in [-0.05, 0) is 35.4 Å². The zero-order valence-corrected chi connectivity index (χ0v) is 47.6. The number of aliphatic hydroxyl groups is 4. The summed E-state index contributed by atoms with van der Waals surface area (Å²) in [5, 5.41) is 50.7. The first-order valence-electron chi connectivity index (χ1n) is 17.6. The number of nitrogens with zero attached hydrogens (tertiary/aromatic N) is 7. The van der Waals surface area contributed by atoms with Gasteiger partial charge < -0.3 is 70.1 Å². The van der Waals surface area contributed by atoms with Gasteiger partial charge in [0.05, 0.1) is 67.0 Å². The number of hydrogen-bond donors (Lipinski definition) is 9. The molecule has 36 heteroatoms. The molecule has 346 valence electrons. The van der Waals surface area contributed by atoms with Crippen LogP contribution in [0.5, 0.6) is 0 Å². The molecular weight excluding hydrogens is 1020 g/mol. The van der Waals surface area contributed by atoms with Gasteiger partial charge in [-0.15, -0.1) is 0 Å². The second-order valence-electron chi connectivity index (χ2n) is 12.9. The molecule has 4 rings (SSSR count). The summed E-state index contributed by atoms with van der Waals surface area (Å²) in [5.41, 5.74) is -0.754. The Hall–Kier alpha value is -1.52. The van der Waals surface area contributed by atoms with E-state index in [-0.39, 0.29) is 196 Å². The number of aliphatic hydroxyl groups excluding tert-OH is 4. The Morgan fingerprint density at radius 2 is 0.955 bits per heavy atom. The average Bonchev–Trinajstić information content (AvgIpc) is 3.19. The Balaban J connectivity index is 0.0000109. The van der Waals surface area contributed by atoms with E-state index in [1.54, 1.807) is 0 Å². The Morgan fingerprint density at radius 3 is 1.36 bits per heavy atom. The van der Waals surface area contributed by atoms with Crippen LogP contribution in [-0.4, -0.2) is 172 Å². The Bertz CT molecular complexity index is 2750. The topological polar surface area (TPSA) is 450 Å². The number of rotatable bonds is 24. The van der Waals surface area contributed by atoms with Crippen LogP contribution in [0.1, 0.15) is 11.1 Å². The van der Waals surface area contributed by atoms with Crippen molar-refractivity contribution in [2.24, 2.45) is 0 Å². The monoisotopic (exact) mass is 1050 g/mol. The van der Waals surface area contributed by atoms with Gasteiger partial charge in [0, 0.05) is 44.6 Å². The minimum Gasteiger partial charge on any atom is -0.748 e.